The van der Waals surface area contributed by atoms with Gasteiger partial charge >= 0.3 is 11.9 Å². The molecule has 0 aromatic heterocycles. The molecule has 0 unspecified atom stereocenters. The minimum Gasteiger partial charge on any atom is -0.463 e. The van der Waals surface area contributed by atoms with Gasteiger partial charge in [0, 0.05) is 12.8 Å². The quantitative estimate of drug-likeness (QED) is 0.285. The summed E-state index contributed by atoms with van der Waals surface area (Å²) in [6.45, 7) is 10.7. The van der Waals surface area contributed by atoms with Gasteiger partial charge in [-0.2, -0.15) is 0 Å². The van der Waals surface area contributed by atoms with Gasteiger partial charge in [0.05, 0.1) is 26.4 Å². The molecule has 0 atom stereocenters. The molecule has 6 heteroatoms. The number of hydrogen-bond donors (Lipinski definition) is 0. The maximum absolute atomic E-state index is 11.4. The predicted molar refractivity (Wildman–Crippen MR) is 101 cm³/mol. The van der Waals surface area contributed by atoms with Gasteiger partial charge in [0.1, 0.15) is 13.2 Å². The first-order valence-electron chi connectivity index (χ1n) is 9.88. The van der Waals surface area contributed by atoms with Gasteiger partial charge in [0.2, 0.25) is 0 Å². The molecule has 0 N–H and O–H groups in total. The van der Waals surface area contributed by atoms with Gasteiger partial charge in [0.15, 0.2) is 0 Å². The van der Waals surface area contributed by atoms with Crippen LogP contribution in [0.25, 0.3) is 0 Å². The summed E-state index contributed by atoms with van der Waals surface area (Å²) >= 11 is 0. The van der Waals surface area contributed by atoms with E-state index in [-0.39, 0.29) is 25.2 Å². The molecular weight excluding hydrogens is 336 g/mol. The van der Waals surface area contributed by atoms with Crippen molar-refractivity contribution in [2.24, 2.45) is 11.8 Å². The van der Waals surface area contributed by atoms with Gasteiger partial charge in [-0.25, -0.2) is 0 Å². The van der Waals surface area contributed by atoms with E-state index in [1.807, 2.05) is 0 Å². The van der Waals surface area contributed by atoms with E-state index < -0.39 is 0 Å². The van der Waals surface area contributed by atoms with Crippen molar-refractivity contribution in [3.63, 3.8) is 0 Å². The van der Waals surface area contributed by atoms with Gasteiger partial charge in [-0.15, -0.1) is 0 Å². The minimum absolute atomic E-state index is 0.166. The Morgan fingerprint density at radius 1 is 0.615 bits per heavy atom. The van der Waals surface area contributed by atoms with Crippen molar-refractivity contribution in [1.29, 1.82) is 0 Å². The van der Waals surface area contributed by atoms with Crippen LogP contribution in [0.5, 0.6) is 0 Å². The van der Waals surface area contributed by atoms with Crippen molar-refractivity contribution in [3.8, 4) is 0 Å². The highest BCUT2D eigenvalue weighted by molar-refractivity contribution is 5.69. The molecule has 0 saturated carbocycles. The van der Waals surface area contributed by atoms with E-state index in [0.717, 1.165) is 25.7 Å². The zero-order chi connectivity index (χ0) is 19.6. The normalized spacial score (nSPS) is 11.2. The van der Waals surface area contributed by atoms with E-state index in [9.17, 15) is 9.59 Å². The fourth-order valence-corrected chi connectivity index (χ4v) is 2.20. The van der Waals surface area contributed by atoms with Crippen molar-refractivity contribution in [1.82, 2.24) is 0 Å². The number of rotatable bonds is 17. The zero-order valence-electron chi connectivity index (χ0n) is 17.1. The van der Waals surface area contributed by atoms with Crippen LogP contribution in [0, 0.1) is 11.8 Å². The fourth-order valence-electron chi connectivity index (χ4n) is 2.20. The van der Waals surface area contributed by atoms with E-state index in [1.165, 1.54) is 0 Å². The fraction of sp³-hybridized carbons (Fsp3) is 0.900. The average molecular weight is 375 g/mol. The van der Waals surface area contributed by atoms with Crippen LogP contribution in [0.3, 0.4) is 0 Å². The standard InChI is InChI=1S/C20H38O6/c1-17(2)7-5-9-19(21)25-15-13-23-11-12-24-14-16-26-20(22)10-6-8-18(3)4/h17-18H,5-16H2,1-4H3. The highest BCUT2D eigenvalue weighted by atomic mass is 16.6. The second-order valence-electron chi connectivity index (χ2n) is 7.24. The minimum atomic E-state index is -0.166. The molecule has 0 fully saturated rings. The number of carbonyl (C=O) groups excluding carboxylic acids is 2. The van der Waals surface area contributed by atoms with Crippen molar-refractivity contribution < 1.29 is 28.5 Å². The Balaban J connectivity index is 3.26. The molecule has 0 amide bonds. The first-order valence-corrected chi connectivity index (χ1v) is 9.88. The van der Waals surface area contributed by atoms with Crippen LogP contribution in [0.4, 0.5) is 0 Å². The van der Waals surface area contributed by atoms with Crippen LogP contribution in [-0.2, 0) is 28.5 Å². The molecule has 0 aliphatic rings. The molecule has 0 bridgehead atoms. The first kappa shape index (κ1) is 24.9. The number of ether oxygens (including phenoxy) is 4. The lowest BCUT2D eigenvalue weighted by Gasteiger charge is -2.08. The number of carbonyl (C=O) groups is 2. The van der Waals surface area contributed by atoms with Crippen LogP contribution in [0.1, 0.15) is 66.2 Å². The van der Waals surface area contributed by atoms with Gasteiger partial charge < -0.3 is 18.9 Å². The van der Waals surface area contributed by atoms with Crippen LogP contribution in [0.2, 0.25) is 0 Å². The second-order valence-corrected chi connectivity index (χ2v) is 7.24. The van der Waals surface area contributed by atoms with Gasteiger partial charge in [-0.3, -0.25) is 9.59 Å². The van der Waals surface area contributed by atoms with E-state index in [2.05, 4.69) is 27.7 Å². The maximum Gasteiger partial charge on any atom is 0.305 e. The van der Waals surface area contributed by atoms with Crippen LogP contribution in [0.15, 0.2) is 0 Å². The molecule has 0 spiro atoms. The Labute approximate surface area is 158 Å². The molecule has 154 valence electrons. The Morgan fingerprint density at radius 3 is 1.31 bits per heavy atom. The Bertz CT molecular complexity index is 320. The summed E-state index contributed by atoms with van der Waals surface area (Å²) in [5.74, 6) is 0.889. The lowest BCUT2D eigenvalue weighted by atomic mass is 10.1. The van der Waals surface area contributed by atoms with Gasteiger partial charge in [0.25, 0.3) is 0 Å². The molecular formula is C20H38O6. The molecule has 26 heavy (non-hydrogen) atoms. The van der Waals surface area contributed by atoms with E-state index in [4.69, 9.17) is 18.9 Å². The third-order valence-electron chi connectivity index (χ3n) is 3.68. The van der Waals surface area contributed by atoms with Crippen LogP contribution >= 0.6 is 0 Å². The highest BCUT2D eigenvalue weighted by Crippen LogP contribution is 2.07. The van der Waals surface area contributed by atoms with Crippen LogP contribution < -0.4 is 0 Å². The number of hydrogen-bond acceptors (Lipinski definition) is 6. The highest BCUT2D eigenvalue weighted by Gasteiger charge is 2.04. The Kier molecular flexibility index (Phi) is 16.5. The van der Waals surface area contributed by atoms with E-state index >= 15 is 0 Å². The third-order valence-corrected chi connectivity index (χ3v) is 3.68. The van der Waals surface area contributed by atoms with E-state index in [1.54, 1.807) is 0 Å². The first-order chi connectivity index (χ1) is 12.4. The summed E-state index contributed by atoms with van der Waals surface area (Å²) in [4.78, 5) is 22.9. The zero-order valence-corrected chi connectivity index (χ0v) is 17.1. The number of esters is 2. The third kappa shape index (κ3) is 19.2. The van der Waals surface area contributed by atoms with E-state index in [0.29, 0.717) is 51.1 Å². The Hall–Kier alpha value is -1.14. The van der Waals surface area contributed by atoms with Crippen LogP contribution in [-0.4, -0.2) is 51.6 Å². The van der Waals surface area contributed by atoms with Crippen molar-refractivity contribution >= 4 is 11.9 Å². The largest absolute Gasteiger partial charge is 0.463 e. The molecule has 0 aromatic rings. The summed E-state index contributed by atoms with van der Waals surface area (Å²) in [6, 6.07) is 0. The smallest absolute Gasteiger partial charge is 0.305 e. The lowest BCUT2D eigenvalue weighted by Crippen LogP contribution is -2.15. The molecule has 0 heterocycles. The summed E-state index contributed by atoms with van der Waals surface area (Å²) < 4.78 is 20.8. The Morgan fingerprint density at radius 2 is 0.962 bits per heavy atom. The SMILES string of the molecule is CC(C)CCCC(=O)OCCOCCOCCOC(=O)CCCC(C)C. The molecule has 0 saturated heterocycles. The molecule has 0 radical (unpaired) electrons. The van der Waals surface area contributed by atoms with Crippen molar-refractivity contribution in [2.75, 3.05) is 39.6 Å². The van der Waals surface area contributed by atoms with Gasteiger partial charge in [-0.1, -0.05) is 40.5 Å². The monoisotopic (exact) mass is 374 g/mol. The van der Waals surface area contributed by atoms with Gasteiger partial charge in [-0.05, 0) is 24.7 Å². The summed E-state index contributed by atoms with van der Waals surface area (Å²) in [7, 11) is 0. The molecule has 0 aromatic carbocycles. The lowest BCUT2D eigenvalue weighted by molar-refractivity contribution is -0.147. The summed E-state index contributed by atoms with van der Waals surface area (Å²) in [5.41, 5.74) is 0. The van der Waals surface area contributed by atoms with Crippen molar-refractivity contribution in [3.05, 3.63) is 0 Å². The molecule has 6 nitrogen and oxygen atoms in total. The topological polar surface area (TPSA) is 71.1 Å². The molecule has 0 aliphatic heterocycles. The summed E-state index contributed by atoms with van der Waals surface area (Å²) in [6.07, 6.45) is 4.75. The second kappa shape index (κ2) is 17.3. The molecule has 0 aliphatic carbocycles. The average Bonchev–Trinajstić information content (AvgIpc) is 2.55. The predicted octanol–water partition coefficient (Wildman–Crippen LogP) is 3.76. The maximum atomic E-state index is 11.4. The van der Waals surface area contributed by atoms with Crippen molar-refractivity contribution in [2.45, 2.75) is 66.2 Å². The summed E-state index contributed by atoms with van der Waals surface area (Å²) in [5, 5.41) is 0. The molecule has 0 rings (SSSR count).